The lowest BCUT2D eigenvalue weighted by molar-refractivity contribution is -0.131. The number of halogens is 1. The van der Waals surface area contributed by atoms with Crippen LogP contribution in [0.25, 0.3) is 0 Å². The highest BCUT2D eigenvalue weighted by Crippen LogP contribution is 2.30. The Hall–Kier alpha value is -1.10. The second kappa shape index (κ2) is 5.49. The van der Waals surface area contributed by atoms with Gasteiger partial charge in [0.2, 0.25) is 5.88 Å². The van der Waals surface area contributed by atoms with Crippen LogP contribution in [0.4, 0.5) is 0 Å². The Morgan fingerprint density at radius 3 is 2.76 bits per heavy atom. The molecule has 1 aliphatic rings. The highest BCUT2D eigenvalue weighted by Gasteiger charge is 2.18. The van der Waals surface area contributed by atoms with Gasteiger partial charge < -0.3 is 9.47 Å². The van der Waals surface area contributed by atoms with Crippen LogP contribution >= 0.6 is 15.9 Å². The first kappa shape index (κ1) is 12.4. The second-order valence-corrected chi connectivity index (χ2v) is 4.93. The summed E-state index contributed by atoms with van der Waals surface area (Å²) in [6.45, 7) is 1.36. The second-order valence-electron chi connectivity index (χ2n) is 4.08. The number of esters is 1. The fourth-order valence-electron chi connectivity index (χ4n) is 1.88. The van der Waals surface area contributed by atoms with Gasteiger partial charge in [-0.25, -0.2) is 4.98 Å². The Balaban J connectivity index is 2.05. The molecule has 0 N–H and O–H groups in total. The molecule has 1 heterocycles. The number of pyridine rings is 1. The van der Waals surface area contributed by atoms with Crippen molar-refractivity contribution in [3.05, 3.63) is 16.7 Å². The Morgan fingerprint density at radius 1 is 1.47 bits per heavy atom. The van der Waals surface area contributed by atoms with Crippen molar-refractivity contribution >= 4 is 21.9 Å². The Bertz CT molecular complexity index is 416. The van der Waals surface area contributed by atoms with E-state index in [9.17, 15) is 4.79 Å². The van der Waals surface area contributed by atoms with Gasteiger partial charge in [0.15, 0.2) is 5.75 Å². The molecule has 1 aromatic rings. The minimum absolute atomic E-state index is 0.262. The van der Waals surface area contributed by atoms with Crippen molar-refractivity contribution in [3.8, 4) is 11.6 Å². The van der Waals surface area contributed by atoms with Crippen molar-refractivity contribution in [3.63, 3.8) is 0 Å². The van der Waals surface area contributed by atoms with Crippen LogP contribution in [0, 0.1) is 0 Å². The minimum atomic E-state index is -0.358. The van der Waals surface area contributed by atoms with Gasteiger partial charge in [0, 0.05) is 13.0 Å². The van der Waals surface area contributed by atoms with Crippen LogP contribution in [0.3, 0.4) is 0 Å². The fourth-order valence-corrected chi connectivity index (χ4v) is 2.30. The molecule has 17 heavy (non-hydrogen) atoms. The van der Waals surface area contributed by atoms with Gasteiger partial charge in [0.25, 0.3) is 0 Å². The molecule has 0 aliphatic heterocycles. The lowest BCUT2D eigenvalue weighted by atomic mass is 10.3. The zero-order chi connectivity index (χ0) is 12.3. The minimum Gasteiger partial charge on any atom is -0.474 e. The number of carbonyl (C=O) groups is 1. The van der Waals surface area contributed by atoms with E-state index in [1.165, 1.54) is 26.0 Å². The summed E-state index contributed by atoms with van der Waals surface area (Å²) in [6, 6.07) is 1.69. The molecule has 0 amide bonds. The van der Waals surface area contributed by atoms with Crippen molar-refractivity contribution in [2.24, 2.45) is 0 Å². The fraction of sp³-hybridized carbons (Fsp3) is 0.500. The maximum atomic E-state index is 10.8. The van der Waals surface area contributed by atoms with Crippen molar-refractivity contribution in [2.45, 2.75) is 38.7 Å². The smallest absolute Gasteiger partial charge is 0.308 e. The van der Waals surface area contributed by atoms with Gasteiger partial charge in [0.05, 0.1) is 10.7 Å². The summed E-state index contributed by atoms with van der Waals surface area (Å²) in [6.07, 6.45) is 6.36. The van der Waals surface area contributed by atoms with Crippen molar-refractivity contribution < 1.29 is 14.3 Å². The van der Waals surface area contributed by atoms with Gasteiger partial charge in [-0.3, -0.25) is 4.79 Å². The van der Waals surface area contributed by atoms with Gasteiger partial charge in [-0.1, -0.05) is 0 Å². The first-order valence-electron chi connectivity index (χ1n) is 5.66. The zero-order valence-corrected chi connectivity index (χ0v) is 11.2. The van der Waals surface area contributed by atoms with E-state index in [1.807, 2.05) is 0 Å². The normalized spacial score (nSPS) is 15.9. The molecule has 0 aromatic carbocycles. The van der Waals surface area contributed by atoms with Gasteiger partial charge in [0.1, 0.15) is 6.10 Å². The summed E-state index contributed by atoms with van der Waals surface area (Å²) in [5.41, 5.74) is 0. The SMILES string of the molecule is CC(=O)Oc1cnc(OC2CCCC2)c(Br)c1. The molecular weight excluding hydrogens is 286 g/mol. The third kappa shape index (κ3) is 3.43. The summed E-state index contributed by atoms with van der Waals surface area (Å²) in [5, 5.41) is 0. The maximum Gasteiger partial charge on any atom is 0.308 e. The van der Waals surface area contributed by atoms with Crippen LogP contribution in [-0.2, 0) is 4.79 Å². The molecule has 2 rings (SSSR count). The highest BCUT2D eigenvalue weighted by atomic mass is 79.9. The van der Waals surface area contributed by atoms with E-state index < -0.39 is 0 Å². The molecule has 0 unspecified atom stereocenters. The Kier molecular flexibility index (Phi) is 3.99. The number of carbonyl (C=O) groups excluding carboxylic acids is 1. The first-order valence-corrected chi connectivity index (χ1v) is 6.45. The summed E-state index contributed by atoms with van der Waals surface area (Å²) in [7, 11) is 0. The molecule has 0 spiro atoms. The predicted molar refractivity (Wildman–Crippen MR) is 66.1 cm³/mol. The van der Waals surface area contributed by atoms with Crippen LogP contribution < -0.4 is 9.47 Å². The largest absolute Gasteiger partial charge is 0.474 e. The highest BCUT2D eigenvalue weighted by molar-refractivity contribution is 9.10. The van der Waals surface area contributed by atoms with E-state index in [0.717, 1.165) is 12.8 Å². The van der Waals surface area contributed by atoms with Gasteiger partial charge in [-0.15, -0.1) is 0 Å². The standard InChI is InChI=1S/C12H14BrNO3/c1-8(15)16-10-6-11(13)12(14-7-10)17-9-4-2-3-5-9/h6-7,9H,2-5H2,1H3. The number of rotatable bonds is 3. The van der Waals surface area contributed by atoms with Gasteiger partial charge >= 0.3 is 5.97 Å². The number of nitrogens with zero attached hydrogens (tertiary/aromatic N) is 1. The molecule has 1 aromatic heterocycles. The van der Waals surface area contributed by atoms with E-state index in [0.29, 0.717) is 16.1 Å². The summed E-state index contributed by atoms with van der Waals surface area (Å²) >= 11 is 3.37. The molecular formula is C12H14BrNO3. The van der Waals surface area contributed by atoms with E-state index in [-0.39, 0.29) is 12.1 Å². The quantitative estimate of drug-likeness (QED) is 0.805. The lowest BCUT2D eigenvalue weighted by Crippen LogP contribution is -2.12. The van der Waals surface area contributed by atoms with Crippen molar-refractivity contribution in [2.75, 3.05) is 0 Å². The molecule has 0 saturated heterocycles. The molecule has 1 fully saturated rings. The molecule has 4 nitrogen and oxygen atoms in total. The lowest BCUT2D eigenvalue weighted by Gasteiger charge is -2.13. The number of aromatic nitrogens is 1. The van der Waals surface area contributed by atoms with E-state index in [4.69, 9.17) is 9.47 Å². The monoisotopic (exact) mass is 299 g/mol. The maximum absolute atomic E-state index is 10.8. The zero-order valence-electron chi connectivity index (χ0n) is 9.61. The molecule has 1 aliphatic carbocycles. The van der Waals surface area contributed by atoms with Crippen LogP contribution in [-0.4, -0.2) is 17.1 Å². The molecule has 92 valence electrons. The number of ether oxygens (including phenoxy) is 2. The molecule has 0 bridgehead atoms. The predicted octanol–water partition coefficient (Wildman–Crippen LogP) is 3.09. The number of hydrogen-bond donors (Lipinski definition) is 0. The van der Waals surface area contributed by atoms with E-state index >= 15 is 0 Å². The molecule has 5 heteroatoms. The summed E-state index contributed by atoms with van der Waals surface area (Å²) in [4.78, 5) is 14.9. The van der Waals surface area contributed by atoms with Crippen LogP contribution in [0.2, 0.25) is 0 Å². The Morgan fingerprint density at radius 2 is 2.18 bits per heavy atom. The molecule has 0 radical (unpaired) electrons. The van der Waals surface area contributed by atoms with Crippen LogP contribution in [0.15, 0.2) is 16.7 Å². The summed E-state index contributed by atoms with van der Waals surface area (Å²) in [5.74, 6) is 0.624. The molecule has 1 saturated carbocycles. The molecule has 0 atom stereocenters. The van der Waals surface area contributed by atoms with Crippen LogP contribution in [0.1, 0.15) is 32.6 Å². The number of hydrogen-bond acceptors (Lipinski definition) is 4. The third-order valence-corrected chi connectivity index (χ3v) is 3.19. The topological polar surface area (TPSA) is 48.4 Å². The first-order chi connectivity index (χ1) is 8.15. The third-order valence-electron chi connectivity index (χ3n) is 2.62. The summed E-state index contributed by atoms with van der Waals surface area (Å²) < 4.78 is 11.4. The van der Waals surface area contributed by atoms with Gasteiger partial charge in [-0.05, 0) is 41.6 Å². The average Bonchev–Trinajstić information content (AvgIpc) is 2.74. The van der Waals surface area contributed by atoms with E-state index in [2.05, 4.69) is 20.9 Å². The van der Waals surface area contributed by atoms with Gasteiger partial charge in [-0.2, -0.15) is 0 Å². The van der Waals surface area contributed by atoms with Crippen LogP contribution in [0.5, 0.6) is 11.6 Å². The van der Waals surface area contributed by atoms with Crippen molar-refractivity contribution in [1.82, 2.24) is 4.98 Å². The average molecular weight is 300 g/mol. The van der Waals surface area contributed by atoms with E-state index in [1.54, 1.807) is 6.07 Å². The van der Waals surface area contributed by atoms with Crippen molar-refractivity contribution in [1.29, 1.82) is 0 Å². The Labute approximate surface area is 108 Å².